The predicted octanol–water partition coefficient (Wildman–Crippen LogP) is 30.3. The zero-order valence-electron chi connectivity index (χ0n) is 77.6. The Bertz CT molecular complexity index is 3360. The molecule has 19 nitrogen and oxygen atoms in total. The highest BCUT2D eigenvalue weighted by molar-refractivity contribution is 7.99. The summed E-state index contributed by atoms with van der Waals surface area (Å²) >= 11 is 33.5. The third kappa shape index (κ3) is 95.3. The summed E-state index contributed by atoms with van der Waals surface area (Å²) in [6, 6.07) is 20.8. The van der Waals surface area contributed by atoms with Crippen LogP contribution in [-0.4, -0.2) is 190 Å². The molecule has 0 bridgehead atoms. The average Bonchev–Trinajstić information content (AvgIpc) is 0.872. The van der Waals surface area contributed by atoms with E-state index in [9.17, 15) is 19.2 Å². The molecule has 0 aliphatic carbocycles. The van der Waals surface area contributed by atoms with Crippen LogP contribution in [-0.2, 0) is 42.1 Å². The first kappa shape index (κ1) is 139. The van der Waals surface area contributed by atoms with Crippen molar-refractivity contribution in [2.45, 2.75) is 395 Å². The number of alkyl halides is 2. The van der Waals surface area contributed by atoms with Gasteiger partial charge < -0.3 is 41.1 Å². The number of Topliss-reactive ketones (excluding diaryl/α,β-unsaturated/α-hetero) is 3. The van der Waals surface area contributed by atoms with Crippen molar-refractivity contribution in [3.8, 4) is 0 Å². The summed E-state index contributed by atoms with van der Waals surface area (Å²) in [5.74, 6) is 6.54. The van der Waals surface area contributed by atoms with E-state index in [1.54, 1.807) is 112 Å². The highest BCUT2D eigenvalue weighted by Gasteiger charge is 2.36. The number of aromatic nitrogens is 10. The van der Waals surface area contributed by atoms with Crippen molar-refractivity contribution < 1.29 is 35.6 Å². The van der Waals surface area contributed by atoms with Gasteiger partial charge in [-0.05, 0) is 293 Å². The Morgan fingerprint density at radius 3 is 0.832 bits per heavy atom. The van der Waals surface area contributed by atoms with Gasteiger partial charge in [0.05, 0.1) is 0 Å². The molecule has 0 aliphatic heterocycles. The van der Waals surface area contributed by atoms with E-state index in [4.69, 9.17) is 61.8 Å². The molecule has 0 spiro atoms. The Kier molecular flexibility index (Phi) is 86.1. The monoisotopic (exact) mass is 2070 g/mol. The number of unbranched alkanes of at least 4 members (excludes halogenated alkanes) is 4. The number of hydrogen-bond donors (Lipinski definition) is 2. The van der Waals surface area contributed by atoms with Crippen molar-refractivity contribution in [1.29, 1.82) is 0 Å². The highest BCUT2D eigenvalue weighted by atomic mass is 35.6. The molecule has 0 aromatic carbocycles. The highest BCUT2D eigenvalue weighted by Crippen LogP contribution is 2.31. The van der Waals surface area contributed by atoms with Crippen molar-refractivity contribution in [3.63, 3.8) is 0 Å². The lowest BCUT2D eigenvalue weighted by Gasteiger charge is -2.34. The molecule has 5 aromatic heterocycles. The number of nitrogens with zero attached hydrogens (tertiary/aromatic N) is 9. The number of amides is 1. The molecule has 0 atom stereocenters. The first-order chi connectivity index (χ1) is 55.3. The minimum Gasteiger partial charge on any atom is -0.455 e. The molecule has 0 radical (unpaired) electrons. The number of carbonyl (C=O) groups excluding carboxylic acids is 4. The largest absolute Gasteiger partial charge is 0.455 e. The van der Waals surface area contributed by atoms with Crippen molar-refractivity contribution in [1.82, 2.24) is 55.2 Å². The van der Waals surface area contributed by atoms with Crippen LogP contribution in [0.15, 0.2) is 108 Å². The lowest BCUT2D eigenvalue weighted by atomic mass is 10.2. The van der Waals surface area contributed by atoms with E-state index in [-0.39, 0.29) is 62.0 Å². The van der Waals surface area contributed by atoms with E-state index in [1.807, 2.05) is 36.7 Å². The summed E-state index contributed by atoms with van der Waals surface area (Å²) in [6.45, 7) is 53.0. The molecule has 37 heteroatoms. The molecule has 0 saturated heterocycles. The first-order valence-corrected chi connectivity index (χ1v) is 80.6. The molecular weight excluding hydrogens is 1890 g/mol. The van der Waals surface area contributed by atoms with E-state index in [1.165, 1.54) is 43.6 Å². The fourth-order valence-corrected chi connectivity index (χ4v) is 55.0. The van der Waals surface area contributed by atoms with Crippen LogP contribution in [0.25, 0.3) is 0 Å². The maximum absolute atomic E-state index is 11.0. The Morgan fingerprint density at radius 2 is 0.592 bits per heavy atom. The summed E-state index contributed by atoms with van der Waals surface area (Å²) in [6.07, 6.45) is 36.1. The van der Waals surface area contributed by atoms with Gasteiger partial charge in [0.2, 0.25) is 5.91 Å². The molecule has 728 valence electrons. The second kappa shape index (κ2) is 77.6. The van der Waals surface area contributed by atoms with E-state index in [0.29, 0.717) is 29.8 Å². The molecule has 2 N–H and O–H groups in total. The quantitative estimate of drug-likeness (QED) is 0.00698. The summed E-state index contributed by atoms with van der Waals surface area (Å²) in [5.41, 5.74) is 0. The topological polar surface area (TPSA) is 249 Å². The summed E-state index contributed by atoms with van der Waals surface area (Å²) < 4.78 is 26.8. The van der Waals surface area contributed by atoms with Gasteiger partial charge >= 0.3 is 0 Å². The number of H-pyrrole nitrogens is 1. The maximum Gasteiger partial charge on any atom is 0.216 e. The van der Waals surface area contributed by atoms with Gasteiger partial charge in [-0.1, -0.05) is 132 Å². The Labute approximate surface area is 814 Å². The fraction of sp³-hybridized carbons (Fsp3) is 0.727. The van der Waals surface area contributed by atoms with Crippen LogP contribution < -0.4 is 5.32 Å². The van der Waals surface area contributed by atoms with Gasteiger partial charge in [-0.3, -0.25) is 4.79 Å². The summed E-state index contributed by atoms with van der Waals surface area (Å²) in [7, 11) is -15.4. The molecule has 0 aliphatic rings. The number of halogens is 4. The minimum atomic E-state index is -1.62. The molecule has 0 fully saturated rings. The van der Waals surface area contributed by atoms with E-state index in [2.05, 4.69) is 198 Å². The van der Waals surface area contributed by atoms with Crippen LogP contribution in [0, 0.1) is 4.77 Å². The zero-order chi connectivity index (χ0) is 90.6. The SMILES string of the molecule is C.C.C.C.C.C.CC(=O)CCCC[Si](C)(C)O[Si](C)(C)CCCCC(C)=O.CC(=O)CCCC[Si](C)(C)O[Si](C)(C)CCCSc1ncccn1.CC(=O)NCCC[Si](C)(C)Cl.C[Si](C)(CCCCc1ncccn1)O[Si](C)(C)CCCSc1ncccn1.C[Si](C)(CCCCl)O[Si](C)(C)CCCCl.C[Si](C)(Cl)CCCSc1ncccn1.S=c1nccc[nH]1. The van der Waals surface area contributed by atoms with Crippen LogP contribution in [0.5, 0.6) is 0 Å². The number of thioether (sulfide) groups is 3. The van der Waals surface area contributed by atoms with Gasteiger partial charge in [0.15, 0.2) is 102 Å². The number of nitrogens with one attached hydrogen (secondary N) is 2. The second-order valence-electron chi connectivity index (χ2n) is 36.2. The number of carbonyl (C=O) groups is 4. The number of rotatable bonds is 53. The summed E-state index contributed by atoms with van der Waals surface area (Å²) in [4.78, 5) is 83.7. The summed E-state index contributed by atoms with van der Waals surface area (Å²) in [5, 5.41) is 5.33. The van der Waals surface area contributed by atoms with Gasteiger partial charge in [-0.15, -0.1) is 23.2 Å². The lowest BCUT2D eigenvalue weighted by molar-refractivity contribution is -0.119. The van der Waals surface area contributed by atoms with Gasteiger partial charge in [0.1, 0.15) is 23.2 Å². The van der Waals surface area contributed by atoms with Crippen molar-refractivity contribution in [2.75, 3.05) is 35.6 Å². The van der Waals surface area contributed by atoms with Crippen LogP contribution in [0.4, 0.5) is 0 Å². The second-order valence-corrected chi connectivity index (χ2v) is 90.0. The predicted molar refractivity (Wildman–Crippen MR) is 583 cm³/mol. The Hall–Kier alpha value is -1.68. The van der Waals surface area contributed by atoms with Gasteiger partial charge in [-0.2, -0.15) is 22.2 Å². The van der Waals surface area contributed by atoms with Crippen molar-refractivity contribution in [3.05, 3.63) is 103 Å². The smallest absolute Gasteiger partial charge is 0.216 e. The zero-order valence-corrected chi connectivity index (χ0v) is 93.9. The lowest BCUT2D eigenvalue weighted by Crippen LogP contribution is -2.44. The number of aryl methyl sites for hydroxylation is 1. The third-order valence-electron chi connectivity index (χ3n) is 17.7. The van der Waals surface area contributed by atoms with Gasteiger partial charge in [0.25, 0.3) is 0 Å². The minimum absolute atomic E-state index is 0. The molecule has 1 amide bonds. The van der Waals surface area contributed by atoms with Crippen LogP contribution >= 0.6 is 92.9 Å². The Morgan fingerprint density at radius 1 is 0.344 bits per heavy atom. The molecule has 125 heavy (non-hydrogen) atoms. The number of ketones is 3. The Balaban J connectivity index is -0.000000218. The van der Waals surface area contributed by atoms with Crippen LogP contribution in [0.3, 0.4) is 0 Å². The molecule has 0 saturated carbocycles. The van der Waals surface area contributed by atoms with E-state index in [0.717, 1.165) is 177 Å². The van der Waals surface area contributed by atoms with E-state index >= 15 is 0 Å². The molecule has 0 unspecified atom stereocenters. The standard InChI is InChI=1S/C19H32N4OSSi2.C17H32N2O2SSi2.C16H34O3Si2.C10H24Cl2OSi2.C9H15ClN2SSi.C7H16ClNOSi.C4H4N2S.6CH4/c1-26(2,16-6-5-10-18-20-11-7-12-21-18)24-27(3,4)17-9-15-25-19-22-13-8-14-23-19;1-16(20)10-6-7-14-23(2,3)21-24(4,5)15-9-13-22-17-18-11-8-12-19-17;1-15(17)11-7-9-13-20(3,4)19-21(5,6)14-10-8-12-16(2)18;1-14(2,9-5-7-11)13-15(3,4)10-6-8-12;1-14(2,10)8-4-7-13-9-11-5-3-6-12-9;1-7(10)9-5-4-6-11(2,3)8;7-4-5-2-1-3-6-4;;;;;;/h7-8,11-14H,5-6,9-10,15-17H2,1-4H3;8,11-12H,6-7,9-10,13-15H2,1-5H3;7-14H2,1-6H3;5-10H2,1-4H3;3,5-6H,4,7-8H2,1-2H3;4-6H2,1-3H3,(H,9,10);1-3H,(H,5,6,7);6*1H4. The maximum atomic E-state index is 11.0. The normalized spacial score (nSPS) is 11.5. The number of aromatic amines is 1. The average molecular weight is 2070 g/mol. The first-order valence-electron chi connectivity index (χ1n) is 42.8. The molecule has 5 heterocycles. The van der Waals surface area contributed by atoms with Gasteiger partial charge in [0, 0.05) is 130 Å². The van der Waals surface area contributed by atoms with Crippen molar-refractivity contribution >= 4 is 197 Å². The molecule has 5 aromatic rings. The van der Waals surface area contributed by atoms with Crippen LogP contribution in [0.1, 0.15) is 187 Å². The van der Waals surface area contributed by atoms with Gasteiger partial charge in [-0.25, -0.2) is 44.9 Å². The van der Waals surface area contributed by atoms with Crippen molar-refractivity contribution in [2.24, 2.45) is 0 Å². The molecule has 5 rings (SSSR count). The van der Waals surface area contributed by atoms with Crippen LogP contribution in [0.2, 0.25) is 191 Å². The third-order valence-corrected chi connectivity index (χ3v) is 55.7. The van der Waals surface area contributed by atoms with E-state index < -0.39 is 81.3 Å². The fourth-order valence-electron chi connectivity index (χ4n) is 12.6. The number of hydrogen-bond acceptors (Lipinski definition) is 21. The molecular formula is C88H181Cl4N11O8S4Si10.